The molecule has 0 spiro atoms. The Labute approximate surface area is 151 Å². The lowest BCUT2D eigenvalue weighted by Crippen LogP contribution is -2.37. The minimum absolute atomic E-state index is 0.142. The molecule has 0 atom stereocenters. The molecule has 1 aliphatic heterocycles. The largest absolute Gasteiger partial charge is 0.478 e. The van der Waals surface area contributed by atoms with Crippen LogP contribution < -0.4 is 10.6 Å². The zero-order valence-electron chi connectivity index (χ0n) is 14.4. The van der Waals surface area contributed by atoms with Crippen LogP contribution in [0.5, 0.6) is 0 Å². The average molecular weight is 352 g/mol. The van der Waals surface area contributed by atoms with Gasteiger partial charge in [-0.05, 0) is 38.9 Å². The lowest BCUT2D eigenvalue weighted by atomic mass is 10.0. The molecule has 134 valence electrons. The molecule has 3 N–H and O–H groups in total. The third-order valence-electron chi connectivity index (χ3n) is 4.27. The first-order chi connectivity index (χ1) is 12.5. The molecule has 3 heterocycles. The molecule has 8 heteroatoms. The van der Waals surface area contributed by atoms with Crippen LogP contribution in [-0.2, 0) is 0 Å². The summed E-state index contributed by atoms with van der Waals surface area (Å²) < 4.78 is 0. The van der Waals surface area contributed by atoms with Gasteiger partial charge in [-0.25, -0.2) is 19.7 Å². The Morgan fingerprint density at radius 3 is 2.58 bits per heavy atom. The number of hydrogen-bond acceptors (Lipinski definition) is 7. The van der Waals surface area contributed by atoms with E-state index >= 15 is 0 Å². The highest BCUT2D eigenvalue weighted by Gasteiger charge is 2.20. The maximum atomic E-state index is 11.5. The van der Waals surface area contributed by atoms with E-state index in [1.807, 2.05) is 0 Å². The van der Waals surface area contributed by atoms with Gasteiger partial charge in [0.1, 0.15) is 22.9 Å². The summed E-state index contributed by atoms with van der Waals surface area (Å²) in [4.78, 5) is 26.1. The smallest absolute Gasteiger partial charge is 0.339 e. The van der Waals surface area contributed by atoms with Gasteiger partial charge in [0.25, 0.3) is 0 Å². The molecule has 2 aromatic heterocycles. The van der Waals surface area contributed by atoms with Crippen LogP contribution in [0.4, 0.5) is 17.3 Å². The Kier molecular flexibility index (Phi) is 5.29. The zero-order valence-corrected chi connectivity index (χ0v) is 14.4. The zero-order chi connectivity index (χ0) is 18.5. The molecular weight excluding hydrogens is 332 g/mol. The van der Waals surface area contributed by atoms with Crippen molar-refractivity contribution in [2.45, 2.75) is 18.9 Å². The van der Waals surface area contributed by atoms with Crippen LogP contribution in [0.25, 0.3) is 0 Å². The molecule has 8 nitrogen and oxygen atoms in total. The molecule has 1 fully saturated rings. The number of terminal acetylenes is 1. The number of aromatic carboxylic acids is 1. The van der Waals surface area contributed by atoms with Crippen LogP contribution in [0.3, 0.4) is 0 Å². The summed E-state index contributed by atoms with van der Waals surface area (Å²) in [6, 6.07) is 1.91. The van der Waals surface area contributed by atoms with Gasteiger partial charge in [0.15, 0.2) is 0 Å². The topological polar surface area (TPSA) is 103 Å². The highest BCUT2D eigenvalue weighted by atomic mass is 16.4. The van der Waals surface area contributed by atoms with Crippen molar-refractivity contribution in [3.05, 3.63) is 35.9 Å². The molecule has 0 radical (unpaired) electrons. The highest BCUT2D eigenvalue weighted by Crippen LogP contribution is 2.24. The summed E-state index contributed by atoms with van der Waals surface area (Å²) in [5.74, 6) is 2.34. The summed E-state index contributed by atoms with van der Waals surface area (Å²) in [6.45, 7) is 1.96. The highest BCUT2D eigenvalue weighted by molar-refractivity contribution is 5.94. The minimum atomic E-state index is -1.02. The van der Waals surface area contributed by atoms with E-state index < -0.39 is 5.97 Å². The van der Waals surface area contributed by atoms with Crippen molar-refractivity contribution in [1.29, 1.82) is 0 Å². The number of nitrogens with one attached hydrogen (secondary N) is 2. The minimum Gasteiger partial charge on any atom is -0.478 e. The summed E-state index contributed by atoms with van der Waals surface area (Å²) in [6.07, 6.45) is 11.5. The Morgan fingerprint density at radius 2 is 1.96 bits per heavy atom. The van der Waals surface area contributed by atoms with Crippen molar-refractivity contribution in [3.63, 3.8) is 0 Å². The van der Waals surface area contributed by atoms with E-state index in [1.165, 1.54) is 18.6 Å². The van der Waals surface area contributed by atoms with E-state index in [0.29, 0.717) is 23.0 Å². The second kappa shape index (κ2) is 7.80. The molecule has 2 aromatic rings. The van der Waals surface area contributed by atoms with Crippen molar-refractivity contribution >= 4 is 23.3 Å². The number of aromatic nitrogens is 3. The SMILES string of the molecule is C#Cc1cnc(Nc2cc(NC3CCN(C)CC3)c(C(=O)O)cn2)cn1. The van der Waals surface area contributed by atoms with Crippen LogP contribution >= 0.6 is 0 Å². The number of carboxylic acids is 1. The molecule has 0 aromatic carbocycles. The predicted octanol–water partition coefficient (Wildman–Crippen LogP) is 1.80. The van der Waals surface area contributed by atoms with Gasteiger partial charge >= 0.3 is 5.97 Å². The average Bonchev–Trinajstić information content (AvgIpc) is 2.64. The maximum Gasteiger partial charge on any atom is 0.339 e. The Morgan fingerprint density at radius 1 is 1.23 bits per heavy atom. The van der Waals surface area contributed by atoms with E-state index in [9.17, 15) is 9.90 Å². The number of nitrogens with zero attached hydrogens (tertiary/aromatic N) is 4. The van der Waals surface area contributed by atoms with Gasteiger partial charge in [0.05, 0.1) is 18.1 Å². The number of carboxylic acid groups (broad SMARTS) is 1. The second-order valence-electron chi connectivity index (χ2n) is 6.20. The van der Waals surface area contributed by atoms with Gasteiger partial charge in [-0.15, -0.1) is 6.42 Å². The third-order valence-corrected chi connectivity index (χ3v) is 4.27. The van der Waals surface area contributed by atoms with Gasteiger partial charge in [-0.3, -0.25) is 0 Å². The Bertz CT molecular complexity index is 823. The fourth-order valence-corrected chi connectivity index (χ4v) is 2.78. The molecule has 3 rings (SSSR count). The van der Waals surface area contributed by atoms with Gasteiger partial charge in [-0.2, -0.15) is 0 Å². The van der Waals surface area contributed by atoms with Crippen molar-refractivity contribution in [2.75, 3.05) is 30.8 Å². The monoisotopic (exact) mass is 352 g/mol. The van der Waals surface area contributed by atoms with Crippen molar-refractivity contribution < 1.29 is 9.90 Å². The molecule has 0 saturated carbocycles. The Balaban J connectivity index is 1.79. The first kappa shape index (κ1) is 17.6. The van der Waals surface area contributed by atoms with Crippen LogP contribution in [0.2, 0.25) is 0 Å². The normalized spacial score (nSPS) is 15.2. The number of pyridine rings is 1. The first-order valence-corrected chi connectivity index (χ1v) is 8.29. The van der Waals surface area contributed by atoms with E-state index in [1.54, 1.807) is 6.07 Å². The van der Waals surface area contributed by atoms with Crippen LogP contribution in [0, 0.1) is 12.3 Å². The molecule has 0 unspecified atom stereocenters. The predicted molar refractivity (Wildman–Crippen MR) is 98.6 cm³/mol. The third kappa shape index (κ3) is 4.26. The van der Waals surface area contributed by atoms with Crippen LogP contribution in [0.15, 0.2) is 24.7 Å². The number of rotatable bonds is 5. The lowest BCUT2D eigenvalue weighted by molar-refractivity contribution is 0.0697. The second-order valence-corrected chi connectivity index (χ2v) is 6.20. The summed E-state index contributed by atoms with van der Waals surface area (Å²) in [5.41, 5.74) is 1.12. The van der Waals surface area contributed by atoms with E-state index in [2.05, 4.69) is 43.5 Å². The Hall–Kier alpha value is -3.18. The van der Waals surface area contributed by atoms with Gasteiger partial charge in [0, 0.05) is 18.3 Å². The van der Waals surface area contributed by atoms with Crippen LogP contribution in [0.1, 0.15) is 28.9 Å². The lowest BCUT2D eigenvalue weighted by Gasteiger charge is -2.30. The molecule has 1 saturated heterocycles. The van der Waals surface area contributed by atoms with Gasteiger partial charge in [0.2, 0.25) is 0 Å². The number of piperidine rings is 1. The molecule has 1 aliphatic rings. The quantitative estimate of drug-likeness (QED) is 0.700. The molecule has 0 bridgehead atoms. The number of carbonyl (C=O) groups is 1. The number of anilines is 3. The number of hydrogen-bond donors (Lipinski definition) is 3. The van der Waals surface area contributed by atoms with Crippen molar-refractivity contribution in [3.8, 4) is 12.3 Å². The van der Waals surface area contributed by atoms with E-state index in [4.69, 9.17) is 6.42 Å². The molecule has 0 aliphatic carbocycles. The standard InChI is InChI=1S/C18H20N6O2/c1-3-12-9-20-17(11-19-12)23-16-8-15(14(10-21-16)18(25)26)22-13-4-6-24(2)7-5-13/h1,8-11,13H,4-7H2,2H3,(H,25,26)(H2,20,21,22,23). The van der Waals surface area contributed by atoms with Gasteiger partial charge < -0.3 is 20.6 Å². The number of likely N-dealkylation sites (tertiary alicyclic amines) is 1. The summed E-state index contributed by atoms with van der Waals surface area (Å²) in [5, 5.41) is 15.8. The summed E-state index contributed by atoms with van der Waals surface area (Å²) >= 11 is 0. The van der Waals surface area contributed by atoms with Gasteiger partial charge in [-0.1, -0.05) is 0 Å². The van der Waals surface area contributed by atoms with Crippen molar-refractivity contribution in [1.82, 2.24) is 19.9 Å². The molecule has 26 heavy (non-hydrogen) atoms. The van der Waals surface area contributed by atoms with Crippen LogP contribution in [-0.4, -0.2) is 57.1 Å². The van der Waals surface area contributed by atoms with Crippen molar-refractivity contribution in [2.24, 2.45) is 0 Å². The van der Waals surface area contributed by atoms with E-state index in [0.717, 1.165) is 25.9 Å². The molecule has 0 amide bonds. The fourth-order valence-electron chi connectivity index (χ4n) is 2.78. The molecular formula is C18H20N6O2. The fraction of sp³-hybridized carbons (Fsp3) is 0.333. The van der Waals surface area contributed by atoms with E-state index in [-0.39, 0.29) is 11.6 Å². The first-order valence-electron chi connectivity index (χ1n) is 8.29. The summed E-state index contributed by atoms with van der Waals surface area (Å²) in [7, 11) is 2.08. The maximum absolute atomic E-state index is 11.5.